The van der Waals surface area contributed by atoms with Crippen LogP contribution < -0.4 is 15.6 Å². The first kappa shape index (κ1) is 18.2. The number of aryl methyl sites for hydroxylation is 2. The number of carbonyl (C=O) groups is 1. The molecule has 0 fully saturated rings. The summed E-state index contributed by atoms with van der Waals surface area (Å²) in [6.45, 7) is 2.46. The van der Waals surface area contributed by atoms with Crippen LogP contribution in [0.3, 0.4) is 0 Å². The van der Waals surface area contributed by atoms with Crippen LogP contribution in [0.15, 0.2) is 41.3 Å². The van der Waals surface area contributed by atoms with Gasteiger partial charge in [0.2, 0.25) is 0 Å². The number of nitrogens with zero attached hydrogens (tertiary/aromatic N) is 3. The second-order valence-electron chi connectivity index (χ2n) is 7.03. The van der Waals surface area contributed by atoms with Crippen molar-refractivity contribution in [3.05, 3.63) is 58.3 Å². The van der Waals surface area contributed by atoms with E-state index in [2.05, 4.69) is 15.3 Å². The van der Waals surface area contributed by atoms with Gasteiger partial charge in [-0.05, 0) is 49.6 Å². The first-order valence-electron chi connectivity index (χ1n) is 9.49. The molecule has 0 aliphatic carbocycles. The maximum Gasteiger partial charge on any atom is 0.263 e. The minimum atomic E-state index is -0.312. The summed E-state index contributed by atoms with van der Waals surface area (Å²) in [5, 5.41) is 3.20. The number of hydrogen-bond acceptors (Lipinski definition) is 5. The maximum atomic E-state index is 12.9. The summed E-state index contributed by atoms with van der Waals surface area (Å²) < 4.78 is 7.35. The zero-order valence-corrected chi connectivity index (χ0v) is 15.8. The lowest BCUT2D eigenvalue weighted by Gasteiger charge is -2.11. The minimum Gasteiger partial charge on any atom is -0.484 e. The quantitative estimate of drug-likeness (QED) is 0.754. The Morgan fingerprint density at radius 3 is 2.93 bits per heavy atom. The summed E-state index contributed by atoms with van der Waals surface area (Å²) >= 11 is 0. The van der Waals surface area contributed by atoms with E-state index >= 15 is 0 Å². The molecule has 144 valence electrons. The standard InChI is InChI=1S/C21H22N4O3/c1-14-6-9-18(22-12-14)24-20(26)13-28-15-7-8-17-16(11-15)21(27)25-10-4-2-3-5-19(25)23-17/h6-9,11-12H,2-5,10,13H2,1H3,(H,22,24,26). The van der Waals surface area contributed by atoms with E-state index in [0.717, 1.165) is 37.1 Å². The predicted octanol–water partition coefficient (Wildman–Crippen LogP) is 2.84. The molecule has 7 heteroatoms. The highest BCUT2D eigenvalue weighted by molar-refractivity contribution is 5.91. The summed E-state index contributed by atoms with van der Waals surface area (Å²) in [7, 11) is 0. The van der Waals surface area contributed by atoms with E-state index in [4.69, 9.17) is 4.74 Å². The number of amides is 1. The predicted molar refractivity (Wildman–Crippen MR) is 107 cm³/mol. The minimum absolute atomic E-state index is 0.0411. The fourth-order valence-corrected chi connectivity index (χ4v) is 3.36. The van der Waals surface area contributed by atoms with Gasteiger partial charge >= 0.3 is 0 Å². The third kappa shape index (κ3) is 3.88. The molecular formula is C21H22N4O3. The molecule has 0 unspecified atom stereocenters. The number of carbonyl (C=O) groups excluding carboxylic acids is 1. The van der Waals surface area contributed by atoms with Crippen molar-refractivity contribution in [1.82, 2.24) is 14.5 Å². The van der Waals surface area contributed by atoms with Crippen molar-refractivity contribution in [3.8, 4) is 5.75 Å². The Balaban J connectivity index is 1.50. The van der Waals surface area contributed by atoms with Gasteiger partial charge in [0, 0.05) is 19.2 Å². The number of nitrogens with one attached hydrogen (secondary N) is 1. The van der Waals surface area contributed by atoms with Crippen LogP contribution >= 0.6 is 0 Å². The fourth-order valence-electron chi connectivity index (χ4n) is 3.36. The molecule has 3 heterocycles. The molecule has 28 heavy (non-hydrogen) atoms. The maximum absolute atomic E-state index is 12.9. The van der Waals surface area contributed by atoms with Crippen molar-refractivity contribution in [2.24, 2.45) is 0 Å². The number of hydrogen-bond donors (Lipinski definition) is 1. The third-order valence-corrected chi connectivity index (χ3v) is 4.84. The molecule has 1 N–H and O–H groups in total. The van der Waals surface area contributed by atoms with Gasteiger partial charge in [-0.3, -0.25) is 14.2 Å². The molecule has 4 rings (SSSR count). The molecule has 1 amide bonds. The molecule has 0 saturated carbocycles. The number of rotatable bonds is 4. The third-order valence-electron chi connectivity index (χ3n) is 4.84. The Hall–Kier alpha value is -3.22. The summed E-state index contributed by atoms with van der Waals surface area (Å²) in [4.78, 5) is 33.7. The smallest absolute Gasteiger partial charge is 0.263 e. The second-order valence-corrected chi connectivity index (χ2v) is 7.03. The molecular weight excluding hydrogens is 356 g/mol. The molecule has 3 aromatic rings. The lowest BCUT2D eigenvalue weighted by molar-refractivity contribution is -0.118. The number of ether oxygens (including phenoxy) is 1. The van der Waals surface area contributed by atoms with E-state index in [9.17, 15) is 9.59 Å². The van der Waals surface area contributed by atoms with Crippen molar-refractivity contribution in [2.75, 3.05) is 11.9 Å². The average molecular weight is 378 g/mol. The number of benzene rings is 1. The van der Waals surface area contributed by atoms with Gasteiger partial charge in [0.15, 0.2) is 6.61 Å². The lowest BCUT2D eigenvalue weighted by atomic mass is 10.2. The van der Waals surface area contributed by atoms with Crippen molar-refractivity contribution in [1.29, 1.82) is 0 Å². The van der Waals surface area contributed by atoms with Crippen LogP contribution in [0, 0.1) is 6.92 Å². The van der Waals surface area contributed by atoms with Gasteiger partial charge in [0.1, 0.15) is 17.4 Å². The van der Waals surface area contributed by atoms with Gasteiger partial charge in [-0.2, -0.15) is 0 Å². The molecule has 2 aromatic heterocycles. The topological polar surface area (TPSA) is 86.1 Å². The number of fused-ring (bicyclic) bond motifs is 2. The second kappa shape index (κ2) is 7.80. The largest absolute Gasteiger partial charge is 0.484 e. The van der Waals surface area contributed by atoms with E-state index in [-0.39, 0.29) is 18.1 Å². The normalized spacial score (nSPS) is 13.6. The summed E-state index contributed by atoms with van der Waals surface area (Å²) in [5.74, 6) is 1.48. The van der Waals surface area contributed by atoms with Crippen LogP contribution in [0.25, 0.3) is 10.9 Å². The van der Waals surface area contributed by atoms with E-state index in [1.807, 2.05) is 13.0 Å². The van der Waals surface area contributed by atoms with Gasteiger partial charge in [-0.1, -0.05) is 12.5 Å². The average Bonchev–Trinajstić information content (AvgIpc) is 2.94. The highest BCUT2D eigenvalue weighted by Gasteiger charge is 2.14. The van der Waals surface area contributed by atoms with Gasteiger partial charge in [-0.25, -0.2) is 9.97 Å². The van der Waals surface area contributed by atoms with Gasteiger partial charge in [-0.15, -0.1) is 0 Å². The zero-order chi connectivity index (χ0) is 19.5. The molecule has 1 aliphatic rings. The fraction of sp³-hybridized carbons (Fsp3) is 0.333. The SMILES string of the molecule is Cc1ccc(NC(=O)COc2ccc3nc4n(c(=O)c3c2)CCCCC4)nc1. The Morgan fingerprint density at radius 2 is 2.11 bits per heavy atom. The van der Waals surface area contributed by atoms with E-state index < -0.39 is 0 Å². The summed E-state index contributed by atoms with van der Waals surface area (Å²) in [5.41, 5.74) is 1.64. The van der Waals surface area contributed by atoms with Crippen LogP contribution in [0.4, 0.5) is 5.82 Å². The van der Waals surface area contributed by atoms with Crippen LogP contribution in [0.5, 0.6) is 5.75 Å². The van der Waals surface area contributed by atoms with Gasteiger partial charge in [0.05, 0.1) is 10.9 Å². The van der Waals surface area contributed by atoms with E-state index in [1.54, 1.807) is 35.0 Å². The molecule has 0 spiro atoms. The summed E-state index contributed by atoms with van der Waals surface area (Å²) in [6.07, 6.45) is 5.67. The van der Waals surface area contributed by atoms with Crippen LogP contribution in [0.2, 0.25) is 0 Å². The van der Waals surface area contributed by atoms with Crippen molar-refractivity contribution in [3.63, 3.8) is 0 Å². The van der Waals surface area contributed by atoms with Crippen LogP contribution in [-0.4, -0.2) is 27.0 Å². The molecule has 0 atom stereocenters. The van der Waals surface area contributed by atoms with Crippen molar-refractivity contribution >= 4 is 22.6 Å². The molecule has 1 aliphatic heterocycles. The highest BCUT2D eigenvalue weighted by atomic mass is 16.5. The first-order valence-corrected chi connectivity index (χ1v) is 9.49. The lowest BCUT2D eigenvalue weighted by Crippen LogP contribution is -2.24. The number of pyridine rings is 1. The monoisotopic (exact) mass is 378 g/mol. The Kier molecular flexibility index (Phi) is 5.06. The van der Waals surface area contributed by atoms with E-state index in [0.29, 0.717) is 29.0 Å². The van der Waals surface area contributed by atoms with Crippen molar-refractivity contribution in [2.45, 2.75) is 39.2 Å². The summed E-state index contributed by atoms with van der Waals surface area (Å²) in [6, 6.07) is 8.79. The number of anilines is 1. The molecule has 1 aromatic carbocycles. The zero-order valence-electron chi connectivity index (χ0n) is 15.8. The highest BCUT2D eigenvalue weighted by Crippen LogP contribution is 2.19. The van der Waals surface area contributed by atoms with Crippen LogP contribution in [-0.2, 0) is 17.8 Å². The van der Waals surface area contributed by atoms with E-state index in [1.165, 1.54) is 0 Å². The number of aromatic nitrogens is 3. The van der Waals surface area contributed by atoms with Crippen molar-refractivity contribution < 1.29 is 9.53 Å². The van der Waals surface area contributed by atoms with Gasteiger partial charge < -0.3 is 10.1 Å². The Bertz CT molecular complexity index is 1070. The molecule has 0 bridgehead atoms. The first-order chi connectivity index (χ1) is 13.6. The van der Waals surface area contributed by atoms with Crippen LogP contribution in [0.1, 0.15) is 30.7 Å². The Morgan fingerprint density at radius 1 is 1.21 bits per heavy atom. The van der Waals surface area contributed by atoms with Gasteiger partial charge in [0.25, 0.3) is 11.5 Å². The Labute approximate surface area is 162 Å². The molecule has 0 saturated heterocycles. The molecule has 7 nitrogen and oxygen atoms in total. The molecule has 0 radical (unpaired) electrons.